The highest BCUT2D eigenvalue weighted by atomic mass is 79.9. The van der Waals surface area contributed by atoms with Gasteiger partial charge in [-0.15, -0.1) is 0 Å². The largest absolute Gasteiger partial charge is 0.482 e. The molecule has 0 spiro atoms. The average Bonchev–Trinajstić information content (AvgIpc) is 2.85. The Morgan fingerprint density at radius 1 is 1.14 bits per heavy atom. The average molecular weight is 361 g/mol. The molecule has 1 aliphatic heterocycles. The van der Waals surface area contributed by atoms with Gasteiger partial charge in [-0.3, -0.25) is 4.79 Å². The molecule has 0 radical (unpaired) electrons. The van der Waals surface area contributed by atoms with Crippen molar-refractivity contribution in [3.63, 3.8) is 0 Å². The molecule has 1 unspecified atom stereocenters. The summed E-state index contributed by atoms with van der Waals surface area (Å²) in [6.07, 6.45) is -0.365. The lowest BCUT2D eigenvalue weighted by molar-refractivity contribution is 0.0367. The molecule has 0 aliphatic carbocycles. The van der Waals surface area contributed by atoms with E-state index in [1.807, 2.05) is 12.1 Å². The molecule has 0 bridgehead atoms. The van der Waals surface area contributed by atoms with Crippen LogP contribution in [0.4, 0.5) is 0 Å². The van der Waals surface area contributed by atoms with E-state index in [0.29, 0.717) is 22.4 Å². The van der Waals surface area contributed by atoms with E-state index in [2.05, 4.69) is 15.9 Å². The number of Topliss-reactive ketones (excluding diaryl/α,β-unsaturated/α-hetero) is 1. The summed E-state index contributed by atoms with van der Waals surface area (Å²) in [5, 5.41) is 0. The fourth-order valence-corrected chi connectivity index (χ4v) is 2.72. The van der Waals surface area contributed by atoms with Crippen LogP contribution in [0.3, 0.4) is 0 Å². The van der Waals surface area contributed by atoms with E-state index in [1.165, 1.54) is 0 Å². The normalized spacial score (nSPS) is 16.0. The number of cyclic esters (lactones) is 1. The maximum Gasteiger partial charge on any atom is 0.339 e. The highest BCUT2D eigenvalue weighted by Crippen LogP contribution is 2.33. The van der Waals surface area contributed by atoms with Gasteiger partial charge in [0.1, 0.15) is 17.4 Å². The van der Waals surface area contributed by atoms with Gasteiger partial charge in [0.25, 0.3) is 0 Å². The topological polar surface area (TPSA) is 52.6 Å². The number of esters is 1. The number of ether oxygens (including phenoxy) is 2. The van der Waals surface area contributed by atoms with E-state index in [1.54, 1.807) is 36.4 Å². The molecule has 0 amide bonds. The Balaban J connectivity index is 1.74. The van der Waals surface area contributed by atoms with Gasteiger partial charge in [-0.2, -0.15) is 0 Å². The molecule has 3 rings (SSSR count). The predicted octanol–water partition coefficient (Wildman–Crippen LogP) is 3.90. The van der Waals surface area contributed by atoms with Crippen molar-refractivity contribution in [2.24, 2.45) is 0 Å². The molecular weight excluding hydrogens is 348 g/mol. The van der Waals surface area contributed by atoms with Crippen molar-refractivity contribution in [3.05, 3.63) is 65.2 Å². The van der Waals surface area contributed by atoms with E-state index in [0.717, 1.165) is 5.56 Å². The third kappa shape index (κ3) is 2.90. The van der Waals surface area contributed by atoms with Gasteiger partial charge in [-0.25, -0.2) is 4.79 Å². The van der Waals surface area contributed by atoms with Gasteiger partial charge in [0, 0.05) is 11.1 Å². The number of alkyl halides is 1. The van der Waals surface area contributed by atoms with Gasteiger partial charge in [0.15, 0.2) is 5.78 Å². The van der Waals surface area contributed by atoms with Crippen molar-refractivity contribution in [3.8, 4) is 5.75 Å². The highest BCUT2D eigenvalue weighted by Gasteiger charge is 2.32. The summed E-state index contributed by atoms with van der Waals surface area (Å²) in [5.41, 5.74) is 2.29. The molecule has 1 heterocycles. The summed E-state index contributed by atoms with van der Waals surface area (Å²) in [4.78, 5) is 24.1. The van der Waals surface area contributed by atoms with Crippen LogP contribution in [0.15, 0.2) is 48.5 Å². The van der Waals surface area contributed by atoms with E-state index in [-0.39, 0.29) is 18.2 Å². The van der Waals surface area contributed by atoms with Crippen LogP contribution in [0, 0.1) is 0 Å². The minimum absolute atomic E-state index is 0.0695. The molecule has 2 aromatic carbocycles. The Labute approximate surface area is 136 Å². The lowest BCUT2D eigenvalue weighted by Gasteiger charge is -2.10. The number of fused-ring (bicyclic) bond motifs is 1. The van der Waals surface area contributed by atoms with Crippen molar-refractivity contribution < 1.29 is 19.1 Å². The van der Waals surface area contributed by atoms with Crippen LogP contribution in [-0.2, 0) is 4.74 Å². The molecule has 0 saturated carbocycles. The minimum atomic E-state index is -0.505. The Hall–Kier alpha value is -2.14. The monoisotopic (exact) mass is 360 g/mol. The van der Waals surface area contributed by atoms with E-state index in [9.17, 15) is 9.59 Å². The summed E-state index contributed by atoms with van der Waals surface area (Å²) in [7, 11) is 0. The molecule has 4 nitrogen and oxygen atoms in total. The molecule has 0 fully saturated rings. The van der Waals surface area contributed by atoms with Crippen LogP contribution in [0.25, 0.3) is 0 Å². The van der Waals surface area contributed by atoms with Gasteiger partial charge in [0.05, 0.1) is 12.0 Å². The SMILES string of the molecule is O=C(CC1OC(=O)c2ccccc21)c1ccc(OCBr)cc1. The highest BCUT2D eigenvalue weighted by molar-refractivity contribution is 9.09. The van der Waals surface area contributed by atoms with Crippen LogP contribution in [0.1, 0.15) is 38.8 Å². The van der Waals surface area contributed by atoms with Gasteiger partial charge in [-0.05, 0) is 46.3 Å². The number of carbonyl (C=O) groups excluding carboxylic acids is 2. The molecule has 0 saturated heterocycles. The second-order valence-electron chi connectivity index (χ2n) is 4.89. The predicted molar refractivity (Wildman–Crippen MR) is 84.4 cm³/mol. The van der Waals surface area contributed by atoms with Gasteiger partial charge in [0.2, 0.25) is 0 Å². The summed E-state index contributed by atoms with van der Waals surface area (Å²) < 4.78 is 10.6. The van der Waals surface area contributed by atoms with Crippen molar-refractivity contribution in [2.75, 3.05) is 5.52 Å². The minimum Gasteiger partial charge on any atom is -0.482 e. The molecule has 112 valence electrons. The molecular formula is C17H13BrO4. The zero-order valence-electron chi connectivity index (χ0n) is 11.6. The first-order chi connectivity index (χ1) is 10.7. The Morgan fingerprint density at radius 3 is 2.59 bits per heavy atom. The number of ketones is 1. The molecule has 1 atom stereocenters. The van der Waals surface area contributed by atoms with Crippen LogP contribution in [-0.4, -0.2) is 17.3 Å². The Bertz CT molecular complexity index is 709. The second kappa shape index (κ2) is 6.32. The van der Waals surface area contributed by atoms with E-state index >= 15 is 0 Å². The second-order valence-corrected chi connectivity index (χ2v) is 5.34. The molecule has 0 aromatic heterocycles. The summed E-state index contributed by atoms with van der Waals surface area (Å²) in [5.74, 6) is 0.250. The maximum atomic E-state index is 12.3. The van der Waals surface area contributed by atoms with Gasteiger partial charge in [-0.1, -0.05) is 18.2 Å². The van der Waals surface area contributed by atoms with Crippen LogP contribution in [0.5, 0.6) is 5.75 Å². The third-order valence-electron chi connectivity index (χ3n) is 3.55. The molecule has 0 N–H and O–H groups in total. The zero-order chi connectivity index (χ0) is 15.5. The summed E-state index contributed by atoms with van der Waals surface area (Å²) in [6.45, 7) is 0. The molecule has 22 heavy (non-hydrogen) atoms. The Morgan fingerprint density at radius 2 is 1.86 bits per heavy atom. The fraction of sp³-hybridized carbons (Fsp3) is 0.176. The standard InChI is InChI=1S/C17H13BrO4/c18-10-21-12-7-5-11(6-8-12)15(19)9-16-13-3-1-2-4-14(13)17(20)22-16/h1-8,16H,9-10H2. The lowest BCUT2D eigenvalue weighted by Crippen LogP contribution is -2.07. The van der Waals surface area contributed by atoms with Crippen LogP contribution in [0.2, 0.25) is 0 Å². The van der Waals surface area contributed by atoms with Crippen molar-refractivity contribution in [2.45, 2.75) is 12.5 Å². The Kier molecular flexibility index (Phi) is 4.24. The molecule has 1 aliphatic rings. The van der Waals surface area contributed by atoms with Gasteiger partial charge < -0.3 is 9.47 Å². The van der Waals surface area contributed by atoms with Crippen molar-refractivity contribution >= 4 is 27.7 Å². The number of benzene rings is 2. The fourth-order valence-electron chi connectivity index (χ4n) is 2.46. The number of hydrogen-bond acceptors (Lipinski definition) is 4. The number of carbonyl (C=O) groups is 2. The third-order valence-corrected chi connectivity index (χ3v) is 3.77. The molecule has 2 aromatic rings. The quantitative estimate of drug-likeness (QED) is 0.461. The lowest BCUT2D eigenvalue weighted by atomic mass is 9.98. The number of rotatable bonds is 5. The van der Waals surface area contributed by atoms with Crippen LogP contribution >= 0.6 is 15.9 Å². The number of hydrogen-bond donors (Lipinski definition) is 0. The van der Waals surface area contributed by atoms with Gasteiger partial charge >= 0.3 is 5.97 Å². The van der Waals surface area contributed by atoms with Crippen LogP contribution < -0.4 is 4.74 Å². The zero-order valence-corrected chi connectivity index (χ0v) is 13.2. The first-order valence-electron chi connectivity index (χ1n) is 6.81. The summed E-state index contributed by atoms with van der Waals surface area (Å²) >= 11 is 3.18. The first kappa shape index (κ1) is 14.8. The van der Waals surface area contributed by atoms with Crippen molar-refractivity contribution in [1.29, 1.82) is 0 Å². The molecule has 5 heteroatoms. The maximum absolute atomic E-state index is 12.3. The van der Waals surface area contributed by atoms with E-state index in [4.69, 9.17) is 9.47 Å². The van der Waals surface area contributed by atoms with E-state index < -0.39 is 6.10 Å². The van der Waals surface area contributed by atoms with Crippen molar-refractivity contribution in [1.82, 2.24) is 0 Å². The first-order valence-corrected chi connectivity index (χ1v) is 7.93. The number of halogens is 1. The smallest absolute Gasteiger partial charge is 0.339 e. The summed E-state index contributed by atoms with van der Waals surface area (Å²) in [6, 6.07) is 14.1.